The third-order valence-electron chi connectivity index (χ3n) is 2.07. The number of ether oxygens (including phenoxy) is 1. The number of benzene rings is 2. The molecule has 0 unspecified atom stereocenters. The molecule has 0 aliphatic heterocycles. The van der Waals surface area contributed by atoms with E-state index in [1.54, 1.807) is 0 Å². The Labute approximate surface area is 177 Å². The number of hydrogen-bond donors (Lipinski definition) is 1. The van der Waals surface area contributed by atoms with Crippen LogP contribution in [0.2, 0.25) is 0 Å². The molecule has 0 bridgehead atoms. The van der Waals surface area contributed by atoms with Crippen LogP contribution in [0.1, 0.15) is 46.9 Å². The van der Waals surface area contributed by atoms with Crippen LogP contribution < -0.4 is 22.5 Å². The van der Waals surface area contributed by atoms with Crippen LogP contribution in [0.5, 0.6) is 5.75 Å². The van der Waals surface area contributed by atoms with Crippen molar-refractivity contribution < 1.29 is 58.9 Å². The van der Waals surface area contributed by atoms with E-state index in [1.165, 1.54) is 0 Å². The Kier molecular flexibility index (Phi) is 3.10. The van der Waals surface area contributed by atoms with Gasteiger partial charge in [-0.1, -0.05) is 30.2 Å². The van der Waals surface area contributed by atoms with Gasteiger partial charge >= 0.3 is 6.18 Å². The molecule has 0 saturated heterocycles. The van der Waals surface area contributed by atoms with E-state index < -0.39 is 103 Å². The first-order valence-electron chi connectivity index (χ1n) is 14.1. The van der Waals surface area contributed by atoms with Crippen molar-refractivity contribution >= 4 is 13.5 Å². The van der Waals surface area contributed by atoms with Gasteiger partial charge in [0.25, 0.3) is 0 Å². The predicted molar refractivity (Wildman–Crippen MR) is 89.0 cm³/mol. The molecule has 0 aliphatic rings. The van der Waals surface area contributed by atoms with E-state index in [-0.39, 0.29) is 31.2 Å². The molecule has 2 aromatic carbocycles. The van der Waals surface area contributed by atoms with Crippen LogP contribution in [0.25, 0.3) is 0 Å². The average molecular weight is 397 g/mol. The van der Waals surface area contributed by atoms with Gasteiger partial charge in [-0.05, 0) is 29.7 Å². The summed E-state index contributed by atoms with van der Waals surface area (Å²) in [5.41, 5.74) is -3.52. The Hall–Kier alpha value is -1.37. The maximum Gasteiger partial charge on any atom is 0.416 e. The zero-order valence-electron chi connectivity index (χ0n) is 28.5. The van der Waals surface area contributed by atoms with Crippen molar-refractivity contribution in [2.75, 3.05) is 13.5 Å². The lowest BCUT2D eigenvalue weighted by molar-refractivity contribution is -0.628. The fourth-order valence-corrected chi connectivity index (χ4v) is 1.20. The summed E-state index contributed by atoms with van der Waals surface area (Å²) in [4.78, 5) is 0. The largest absolute Gasteiger partial charge is 1.00 e. The van der Waals surface area contributed by atoms with Crippen LogP contribution in [0.15, 0.2) is 54.4 Å². The molecule has 2 N–H and O–H groups in total. The summed E-state index contributed by atoms with van der Waals surface area (Å²) in [6, 6.07) is -12.9. The zero-order chi connectivity index (χ0) is 30.8. The monoisotopic (exact) mass is 396 g/mol. The van der Waals surface area contributed by atoms with Gasteiger partial charge in [-0.2, -0.15) is 26.7 Å². The van der Waals surface area contributed by atoms with Crippen molar-refractivity contribution in [3.63, 3.8) is 0 Å². The van der Waals surface area contributed by atoms with Crippen molar-refractivity contribution in [2.45, 2.75) is 18.6 Å². The van der Waals surface area contributed by atoms with Gasteiger partial charge in [-0.15, -0.1) is 0 Å². The van der Waals surface area contributed by atoms with Crippen LogP contribution in [0.4, 0.5) is 13.2 Å². The van der Waals surface area contributed by atoms with Gasteiger partial charge in [0.2, 0.25) is 0 Å². The normalized spacial score (nSPS) is 25.0. The number of quaternary nitrogens is 1. The number of halogens is 4. The predicted octanol–water partition coefficient (Wildman–Crippen LogP) is 0.526. The van der Waals surface area contributed by atoms with E-state index in [2.05, 4.69) is 0 Å². The van der Waals surface area contributed by atoms with Crippen molar-refractivity contribution in [2.24, 2.45) is 0 Å². The third kappa shape index (κ3) is 6.63. The fraction of sp³-hybridized carbons (Fsp3) is 0.294. The Morgan fingerprint density at radius 2 is 1.83 bits per heavy atom. The van der Waals surface area contributed by atoms with Crippen LogP contribution >= 0.6 is 13.5 Å². The molecule has 7 heteroatoms. The molecule has 0 saturated carbocycles. The molecule has 2 rings (SSSR count). The van der Waals surface area contributed by atoms with Crippen molar-refractivity contribution in [1.29, 1.82) is 0 Å². The van der Waals surface area contributed by atoms with E-state index >= 15 is 0 Å². The van der Waals surface area contributed by atoms with Crippen molar-refractivity contribution in [1.82, 2.24) is 0 Å². The standard InChI is InChI=1S/C17H18F3NO.ClH.H2S/c1-21-12-11-16(13-5-3-2-4-6-13)22-15-9-7-14(8-10-15)17(18,19)20;;/h2-10,16,21H,11-12H2,1H3;1H;1H2/t16-;;/m0../s1/i1D3,2D,3D,4D,5D,6D,7D,8D,9D,10D,11D2,12D2,16D;;. The fourth-order valence-electron chi connectivity index (χ4n) is 1.20. The Morgan fingerprint density at radius 1 is 1.21 bits per heavy atom. The lowest BCUT2D eigenvalue weighted by Crippen LogP contribution is -3.00. The smallest absolute Gasteiger partial charge is 0.416 e. The molecular formula is C17H21ClF3NOS. The third-order valence-corrected chi connectivity index (χ3v) is 2.07. The number of rotatable bonds is 6. The summed E-state index contributed by atoms with van der Waals surface area (Å²) >= 11 is 0. The van der Waals surface area contributed by atoms with Gasteiger partial charge in [-0.25, -0.2) is 0 Å². The molecule has 0 heterocycles. The summed E-state index contributed by atoms with van der Waals surface area (Å²) in [5.74, 6) is -1.56. The van der Waals surface area contributed by atoms with Gasteiger partial charge in [0.05, 0.1) is 39.6 Å². The maximum absolute atomic E-state index is 13.4. The molecule has 0 spiro atoms. The highest BCUT2D eigenvalue weighted by Gasteiger charge is 2.30. The van der Waals surface area contributed by atoms with E-state index in [9.17, 15) is 13.2 Å². The summed E-state index contributed by atoms with van der Waals surface area (Å²) in [6.45, 7) is -7.09. The lowest BCUT2D eigenvalue weighted by Gasteiger charge is -2.19. The highest BCUT2D eigenvalue weighted by molar-refractivity contribution is 7.59. The molecule has 24 heavy (non-hydrogen) atoms. The van der Waals surface area contributed by atoms with Crippen molar-refractivity contribution in [3.05, 3.63) is 65.5 Å². The Bertz CT molecular complexity index is 1260. The minimum Gasteiger partial charge on any atom is -1.00 e. The van der Waals surface area contributed by atoms with E-state index in [1.807, 2.05) is 0 Å². The minimum atomic E-state index is -5.41. The molecule has 1 atom stereocenters. The van der Waals surface area contributed by atoms with Gasteiger partial charge in [0.1, 0.15) is 11.8 Å². The molecule has 0 aliphatic carbocycles. The molecule has 0 aromatic heterocycles. The number of hydrogen-bond acceptors (Lipinski definition) is 1. The maximum atomic E-state index is 13.4. The van der Waals surface area contributed by atoms with Crippen LogP contribution in [-0.4, -0.2) is 13.5 Å². The summed E-state index contributed by atoms with van der Waals surface area (Å²) in [5, 5.41) is -0.191. The highest BCUT2D eigenvalue weighted by atomic mass is 35.5. The molecule has 2 aromatic rings. The summed E-state index contributed by atoms with van der Waals surface area (Å²) < 4.78 is 180. The van der Waals surface area contributed by atoms with Gasteiger partial charge in [0.15, 0.2) is 0 Å². The molecular weight excluding hydrogens is 359 g/mol. The first-order chi connectivity index (χ1) is 17.2. The molecule has 134 valence electrons. The first-order valence-corrected chi connectivity index (χ1v) is 5.55. The highest BCUT2D eigenvalue weighted by Crippen LogP contribution is 2.31. The molecule has 0 radical (unpaired) electrons. The van der Waals surface area contributed by atoms with Gasteiger partial charge in [-0.3, -0.25) is 0 Å². The van der Waals surface area contributed by atoms with Gasteiger partial charge in [0, 0.05) is 9.11 Å². The van der Waals surface area contributed by atoms with Crippen molar-refractivity contribution in [3.8, 4) is 5.75 Å². The number of alkyl halides is 3. The second-order valence-electron chi connectivity index (χ2n) is 3.55. The topological polar surface area (TPSA) is 25.8 Å². The van der Waals surface area contributed by atoms with E-state index in [0.29, 0.717) is 0 Å². The summed E-state index contributed by atoms with van der Waals surface area (Å²) in [7, 11) is 0. The van der Waals surface area contributed by atoms with Gasteiger partial charge < -0.3 is 22.5 Å². The Balaban J connectivity index is 0.00000800. The minimum absolute atomic E-state index is 0. The zero-order valence-corrected chi connectivity index (χ0v) is 13.3. The van der Waals surface area contributed by atoms with Crippen LogP contribution in [0.3, 0.4) is 0 Å². The SMILES string of the molecule is S.[2H]c1c([2H])c([2H])c([C@@]([2H])(Oc2c([2H])c([2H])c(C(F)(F)F)c([2H])c2[2H])C([2H])([2H])C([2H])([2H])[NH2+]C([2H])([2H])[2H])c([2H])c1[2H].[Cl-]. The van der Waals surface area contributed by atoms with Crippen LogP contribution in [0, 0.1) is 0 Å². The Morgan fingerprint density at radius 3 is 2.38 bits per heavy atom. The van der Waals surface area contributed by atoms with E-state index in [4.69, 9.17) is 28.0 Å². The number of nitrogens with two attached hydrogens (primary N) is 1. The molecule has 0 fully saturated rings. The second kappa shape index (κ2) is 10.5. The quantitative estimate of drug-likeness (QED) is 0.757. The summed E-state index contributed by atoms with van der Waals surface area (Å²) in [6.07, 6.45) is -13.5. The van der Waals surface area contributed by atoms with E-state index in [0.717, 1.165) is 0 Å². The second-order valence-corrected chi connectivity index (χ2v) is 3.55. The first kappa shape index (κ1) is 7.09. The average Bonchev–Trinajstić information content (AvgIpc) is 2.75. The van der Waals surface area contributed by atoms with Crippen LogP contribution in [-0.2, 0) is 6.18 Å². The molecule has 0 amide bonds. The lowest BCUT2D eigenvalue weighted by atomic mass is 10.1. The molecule has 2 nitrogen and oxygen atoms in total.